The first-order chi connectivity index (χ1) is 12.7. The second-order valence-corrected chi connectivity index (χ2v) is 6.51. The number of hydrogen-bond acceptors (Lipinski definition) is 4. The van der Waals surface area contributed by atoms with Gasteiger partial charge in [0, 0.05) is 15.6 Å². The van der Waals surface area contributed by atoms with Gasteiger partial charge >= 0.3 is 0 Å². The molecule has 4 rings (SSSR count). The zero-order valence-electron chi connectivity index (χ0n) is 13.6. The molecule has 0 bridgehead atoms. The van der Waals surface area contributed by atoms with Gasteiger partial charge in [0.05, 0.1) is 6.54 Å². The third-order valence-electron chi connectivity index (χ3n) is 3.98. The Hall–Kier alpha value is -2.63. The highest BCUT2D eigenvalue weighted by Gasteiger charge is 2.19. The molecule has 0 fully saturated rings. The minimum Gasteiger partial charge on any atom is -0.471 e. The molecule has 0 amide bonds. The van der Waals surface area contributed by atoms with Crippen molar-refractivity contribution in [2.24, 2.45) is 0 Å². The molecule has 0 saturated heterocycles. The topological polar surface area (TPSA) is 52.8 Å². The van der Waals surface area contributed by atoms with Gasteiger partial charge in [-0.05, 0) is 17.7 Å². The minimum absolute atomic E-state index is 0.413. The van der Waals surface area contributed by atoms with Gasteiger partial charge in [0.15, 0.2) is 11.5 Å². The zero-order chi connectivity index (χ0) is 17.9. The molecular formula is C19H14Cl2N4O. The van der Waals surface area contributed by atoms with Gasteiger partial charge < -0.3 is 9.30 Å². The molecule has 130 valence electrons. The maximum atomic E-state index is 6.27. The highest BCUT2D eigenvalue weighted by atomic mass is 35.5. The van der Waals surface area contributed by atoms with E-state index < -0.39 is 0 Å². The van der Waals surface area contributed by atoms with Crippen LogP contribution in [0, 0.1) is 0 Å². The van der Waals surface area contributed by atoms with Crippen LogP contribution in [0.5, 0.6) is 5.88 Å². The van der Waals surface area contributed by atoms with Crippen LogP contribution < -0.4 is 4.74 Å². The van der Waals surface area contributed by atoms with Crippen molar-refractivity contribution < 1.29 is 4.74 Å². The molecule has 0 radical (unpaired) electrons. The molecule has 0 spiro atoms. The highest BCUT2D eigenvalue weighted by molar-refractivity contribution is 6.35. The molecule has 7 heteroatoms. The fourth-order valence-corrected chi connectivity index (χ4v) is 3.18. The van der Waals surface area contributed by atoms with Gasteiger partial charge in [0.2, 0.25) is 5.88 Å². The van der Waals surface area contributed by atoms with E-state index in [1.165, 1.54) is 6.33 Å². The molecule has 2 heterocycles. The van der Waals surface area contributed by atoms with Crippen molar-refractivity contribution in [3.63, 3.8) is 0 Å². The van der Waals surface area contributed by atoms with Crippen molar-refractivity contribution in [1.29, 1.82) is 0 Å². The lowest BCUT2D eigenvalue weighted by atomic mass is 10.2. The molecule has 0 aliphatic carbocycles. The van der Waals surface area contributed by atoms with Crippen LogP contribution in [-0.4, -0.2) is 19.5 Å². The molecule has 0 atom stereocenters. The Bertz CT molecular complexity index is 983. The maximum absolute atomic E-state index is 6.27. The van der Waals surface area contributed by atoms with Crippen LogP contribution in [-0.2, 0) is 13.2 Å². The average molecular weight is 385 g/mol. The lowest BCUT2D eigenvalue weighted by Gasteiger charge is -2.15. The molecule has 0 saturated carbocycles. The van der Waals surface area contributed by atoms with Crippen LogP contribution in [0.3, 0.4) is 0 Å². The number of halogens is 2. The van der Waals surface area contributed by atoms with Crippen LogP contribution in [0.2, 0.25) is 10.0 Å². The second kappa shape index (κ2) is 7.32. The molecule has 26 heavy (non-hydrogen) atoms. The summed E-state index contributed by atoms with van der Waals surface area (Å²) in [6, 6.07) is 15.3. The Balaban J connectivity index is 1.61. The Kier molecular flexibility index (Phi) is 4.73. The quantitative estimate of drug-likeness (QED) is 0.499. The van der Waals surface area contributed by atoms with Gasteiger partial charge in [-0.2, -0.15) is 0 Å². The first-order valence-electron chi connectivity index (χ1n) is 7.98. The smallest absolute Gasteiger partial charge is 0.245 e. The van der Waals surface area contributed by atoms with Gasteiger partial charge in [-0.1, -0.05) is 59.6 Å². The average Bonchev–Trinajstić information content (AvgIpc) is 3.15. The minimum atomic E-state index is 0.413. The monoisotopic (exact) mass is 384 g/mol. The molecule has 5 nitrogen and oxygen atoms in total. The van der Waals surface area contributed by atoms with E-state index in [1.807, 2.05) is 53.1 Å². The van der Waals surface area contributed by atoms with Crippen LogP contribution >= 0.6 is 23.2 Å². The Labute approximate surface area is 160 Å². The summed E-state index contributed by atoms with van der Waals surface area (Å²) in [6.45, 7) is 0.857. The molecule has 2 aliphatic heterocycles. The predicted octanol–water partition coefficient (Wildman–Crippen LogP) is 4.71. The van der Waals surface area contributed by atoms with Crippen molar-refractivity contribution >= 4 is 23.2 Å². The summed E-state index contributed by atoms with van der Waals surface area (Å²) in [5, 5.41) is 1.20. The summed E-state index contributed by atoms with van der Waals surface area (Å²) in [6.07, 6.45) is 3.16. The summed E-state index contributed by atoms with van der Waals surface area (Å²) < 4.78 is 7.69. The van der Waals surface area contributed by atoms with Crippen molar-refractivity contribution in [2.45, 2.75) is 13.2 Å². The fourth-order valence-electron chi connectivity index (χ4n) is 2.66. The van der Waals surface area contributed by atoms with E-state index in [0.29, 0.717) is 40.6 Å². The molecule has 2 aromatic rings. The van der Waals surface area contributed by atoms with Crippen molar-refractivity contribution in [1.82, 2.24) is 19.5 Å². The standard InChI is InChI=1S/C19H14Cl2N4O/c20-15-7-4-8-16(21)14(15)9-25-12-24-19(17-18(25)23-11-22-17)26-10-13-5-2-1-3-6-13/h1-8,11-12H,9-10H2. The summed E-state index contributed by atoms with van der Waals surface area (Å²) in [5.74, 6) is 1.11. The molecule has 0 unspecified atom stereocenters. The SMILES string of the molecule is Clc1cccc(Cl)c1Cn1cnc(OCc2ccccc2)c2ncnc1-2. The van der Waals surface area contributed by atoms with Crippen LogP contribution in [0.15, 0.2) is 61.2 Å². The Morgan fingerprint density at radius 3 is 2.42 bits per heavy atom. The number of fused-ring (bicyclic) bond motifs is 1. The third kappa shape index (κ3) is 3.36. The second-order valence-electron chi connectivity index (χ2n) is 5.70. The van der Waals surface area contributed by atoms with E-state index in [2.05, 4.69) is 15.0 Å². The Morgan fingerprint density at radius 2 is 1.65 bits per heavy atom. The molecule has 2 aromatic carbocycles. The van der Waals surface area contributed by atoms with Gasteiger partial charge in [0.25, 0.3) is 0 Å². The molecular weight excluding hydrogens is 371 g/mol. The van der Waals surface area contributed by atoms with E-state index in [0.717, 1.165) is 11.1 Å². The summed E-state index contributed by atoms with van der Waals surface area (Å²) in [7, 11) is 0. The zero-order valence-corrected chi connectivity index (χ0v) is 15.2. The lowest BCUT2D eigenvalue weighted by Crippen LogP contribution is -2.10. The van der Waals surface area contributed by atoms with E-state index in [-0.39, 0.29) is 0 Å². The number of imidazole rings is 1. The summed E-state index contributed by atoms with van der Waals surface area (Å²) in [5.41, 5.74) is 2.47. The van der Waals surface area contributed by atoms with Crippen LogP contribution in [0.1, 0.15) is 11.1 Å². The molecule has 0 N–H and O–H groups in total. The number of ether oxygens (including phenoxy) is 1. The van der Waals surface area contributed by atoms with E-state index in [9.17, 15) is 0 Å². The fraction of sp³-hybridized carbons (Fsp3) is 0.105. The van der Waals surface area contributed by atoms with Gasteiger partial charge in [-0.25, -0.2) is 15.0 Å². The van der Waals surface area contributed by atoms with Crippen LogP contribution in [0.25, 0.3) is 11.5 Å². The van der Waals surface area contributed by atoms with Gasteiger partial charge in [-0.15, -0.1) is 0 Å². The largest absolute Gasteiger partial charge is 0.471 e. The van der Waals surface area contributed by atoms with Gasteiger partial charge in [-0.3, -0.25) is 0 Å². The number of nitrogens with zero attached hydrogens (tertiary/aromatic N) is 4. The van der Waals surface area contributed by atoms with Crippen molar-refractivity contribution in [2.75, 3.05) is 0 Å². The summed E-state index contributed by atoms with van der Waals surface area (Å²) in [4.78, 5) is 13.0. The first kappa shape index (κ1) is 16.8. The lowest BCUT2D eigenvalue weighted by molar-refractivity contribution is 0.293. The molecule has 2 aliphatic rings. The maximum Gasteiger partial charge on any atom is 0.245 e. The molecule has 0 aromatic heterocycles. The van der Waals surface area contributed by atoms with Gasteiger partial charge in [0.1, 0.15) is 19.3 Å². The Morgan fingerprint density at radius 1 is 0.885 bits per heavy atom. The number of rotatable bonds is 5. The highest BCUT2D eigenvalue weighted by Crippen LogP contribution is 2.30. The van der Waals surface area contributed by atoms with E-state index in [4.69, 9.17) is 27.9 Å². The normalized spacial score (nSPS) is 11.0. The number of aromatic nitrogens is 4. The van der Waals surface area contributed by atoms with Crippen LogP contribution in [0.4, 0.5) is 0 Å². The number of hydrogen-bond donors (Lipinski definition) is 0. The first-order valence-corrected chi connectivity index (χ1v) is 8.73. The third-order valence-corrected chi connectivity index (χ3v) is 4.68. The van der Waals surface area contributed by atoms with Crippen molar-refractivity contribution in [3.05, 3.63) is 82.4 Å². The van der Waals surface area contributed by atoms with Crippen molar-refractivity contribution in [3.8, 4) is 17.4 Å². The summed E-state index contributed by atoms with van der Waals surface area (Å²) >= 11 is 12.5. The predicted molar refractivity (Wildman–Crippen MR) is 101 cm³/mol. The van der Waals surface area contributed by atoms with E-state index >= 15 is 0 Å². The number of benzene rings is 2. The van der Waals surface area contributed by atoms with E-state index in [1.54, 1.807) is 6.33 Å².